The quantitative estimate of drug-likeness (QED) is 0.105. The first-order chi connectivity index (χ1) is 17.6. The molecule has 8 nitrogen and oxygen atoms in total. The monoisotopic (exact) mass is 639 g/mol. The van der Waals surface area contributed by atoms with E-state index in [2.05, 4.69) is 21.2 Å². The molecule has 1 aliphatic heterocycles. The van der Waals surface area contributed by atoms with Crippen molar-refractivity contribution in [2.24, 2.45) is 0 Å². The van der Waals surface area contributed by atoms with Crippen LogP contribution in [-0.4, -0.2) is 21.9 Å². The van der Waals surface area contributed by atoms with E-state index in [4.69, 9.17) is 51.8 Å². The summed E-state index contributed by atoms with van der Waals surface area (Å²) in [6, 6.07) is 13.8. The van der Waals surface area contributed by atoms with E-state index < -0.39 is 16.7 Å². The lowest BCUT2D eigenvalue weighted by atomic mass is 10.1. The largest absolute Gasteiger partial charge is 0.486 e. The first-order valence-corrected chi connectivity index (χ1v) is 12.6. The molecule has 1 fully saturated rings. The maximum Gasteiger partial charge on any atom is 0.270 e. The summed E-state index contributed by atoms with van der Waals surface area (Å²) >= 11 is 27.4. The molecule has 37 heavy (non-hydrogen) atoms. The van der Waals surface area contributed by atoms with Gasteiger partial charge in [0, 0.05) is 12.1 Å². The van der Waals surface area contributed by atoms with Crippen molar-refractivity contribution in [3.63, 3.8) is 0 Å². The van der Waals surface area contributed by atoms with Crippen molar-refractivity contribution in [1.82, 2.24) is 5.32 Å². The molecule has 1 heterocycles. The predicted molar refractivity (Wildman–Crippen MR) is 149 cm³/mol. The SMILES string of the molecule is O=C1NC(=S)N(c2cccc(Cl)c2Cl)C(=O)/C1=C/c1cc(Cl)c(OCc2ccc([N+](=O)[O-])cc2)c(Br)c1. The van der Waals surface area contributed by atoms with Gasteiger partial charge in [-0.25, -0.2) is 0 Å². The van der Waals surface area contributed by atoms with Gasteiger partial charge >= 0.3 is 0 Å². The number of halogens is 4. The van der Waals surface area contributed by atoms with Gasteiger partial charge in [-0.2, -0.15) is 0 Å². The Balaban J connectivity index is 1.59. The Hall–Kier alpha value is -3.02. The third-order valence-corrected chi connectivity index (χ3v) is 7.10. The molecule has 0 spiro atoms. The highest BCUT2D eigenvalue weighted by Crippen LogP contribution is 2.37. The molecular formula is C24H13BrCl3N3O5S. The highest BCUT2D eigenvalue weighted by Gasteiger charge is 2.35. The number of hydrogen-bond donors (Lipinski definition) is 1. The number of nitrogens with zero attached hydrogens (tertiary/aromatic N) is 2. The summed E-state index contributed by atoms with van der Waals surface area (Å²) in [6.07, 6.45) is 1.36. The highest BCUT2D eigenvalue weighted by molar-refractivity contribution is 9.10. The number of nitrogens with one attached hydrogen (secondary N) is 1. The Labute approximate surface area is 239 Å². The third-order valence-electron chi connectivity index (χ3n) is 5.14. The van der Waals surface area contributed by atoms with Gasteiger partial charge in [0.05, 0.1) is 30.2 Å². The molecule has 2 amide bonds. The van der Waals surface area contributed by atoms with E-state index in [0.29, 0.717) is 21.3 Å². The minimum absolute atomic E-state index is 0.0291. The number of nitro groups is 1. The minimum atomic E-state index is -0.691. The fourth-order valence-corrected chi connectivity index (χ4v) is 5.02. The van der Waals surface area contributed by atoms with Gasteiger partial charge < -0.3 is 4.74 Å². The van der Waals surface area contributed by atoms with Crippen LogP contribution in [0.2, 0.25) is 15.1 Å². The average molecular weight is 642 g/mol. The van der Waals surface area contributed by atoms with Crippen LogP contribution in [0.1, 0.15) is 11.1 Å². The zero-order valence-electron chi connectivity index (χ0n) is 18.3. The molecular weight excluding hydrogens is 629 g/mol. The summed E-state index contributed by atoms with van der Waals surface area (Å²) in [5.74, 6) is -1.06. The van der Waals surface area contributed by atoms with E-state index in [1.54, 1.807) is 36.4 Å². The number of nitro benzene ring substituents is 1. The van der Waals surface area contributed by atoms with Crippen LogP contribution >= 0.6 is 63.0 Å². The molecule has 1 saturated heterocycles. The van der Waals surface area contributed by atoms with Crippen molar-refractivity contribution in [1.29, 1.82) is 0 Å². The van der Waals surface area contributed by atoms with Crippen molar-refractivity contribution >= 4 is 97.3 Å². The van der Waals surface area contributed by atoms with Gasteiger partial charge in [-0.05, 0) is 81.7 Å². The molecule has 0 atom stereocenters. The summed E-state index contributed by atoms with van der Waals surface area (Å²) in [6.45, 7) is 0.102. The van der Waals surface area contributed by atoms with E-state index in [0.717, 1.165) is 4.90 Å². The van der Waals surface area contributed by atoms with E-state index >= 15 is 0 Å². The number of anilines is 1. The number of carbonyl (C=O) groups is 2. The lowest BCUT2D eigenvalue weighted by molar-refractivity contribution is -0.384. The van der Waals surface area contributed by atoms with Crippen LogP contribution in [0, 0.1) is 10.1 Å². The molecule has 0 saturated carbocycles. The number of amides is 2. The van der Waals surface area contributed by atoms with Crippen LogP contribution in [0.15, 0.2) is 64.6 Å². The Morgan fingerprint density at radius 1 is 1.08 bits per heavy atom. The molecule has 3 aromatic carbocycles. The molecule has 0 unspecified atom stereocenters. The number of benzene rings is 3. The van der Waals surface area contributed by atoms with Crippen LogP contribution in [0.3, 0.4) is 0 Å². The maximum atomic E-state index is 13.3. The second-order valence-corrected chi connectivity index (χ2v) is 9.99. The van der Waals surface area contributed by atoms with Crippen LogP contribution in [0.5, 0.6) is 5.75 Å². The van der Waals surface area contributed by atoms with E-state index in [1.807, 2.05) is 0 Å². The van der Waals surface area contributed by atoms with Crippen molar-refractivity contribution < 1.29 is 19.2 Å². The Morgan fingerprint density at radius 2 is 1.78 bits per heavy atom. The zero-order valence-corrected chi connectivity index (χ0v) is 23.0. The molecule has 4 rings (SSSR count). The number of thiocarbonyl (C=S) groups is 1. The summed E-state index contributed by atoms with van der Waals surface area (Å²) in [5, 5.41) is 13.7. The summed E-state index contributed by atoms with van der Waals surface area (Å²) < 4.78 is 6.25. The van der Waals surface area contributed by atoms with Gasteiger partial charge in [0.25, 0.3) is 17.5 Å². The zero-order chi connectivity index (χ0) is 26.9. The maximum absolute atomic E-state index is 13.3. The highest BCUT2D eigenvalue weighted by atomic mass is 79.9. The van der Waals surface area contributed by atoms with E-state index in [1.165, 1.54) is 24.3 Å². The standard InChI is InChI=1S/C24H13BrCl3N3O5S/c25-16-9-13(10-18(27)21(16)36-11-12-4-6-14(7-5-12)31(34)35)8-15-22(32)29-24(37)30(23(15)33)19-3-1-2-17(26)20(19)28/h1-10H,11H2,(H,29,32,37)/b15-8+. The van der Waals surface area contributed by atoms with Crippen molar-refractivity contribution in [3.05, 3.63) is 101 Å². The Bertz CT molecular complexity index is 1470. The second-order valence-electron chi connectivity index (χ2n) is 7.56. The molecule has 13 heteroatoms. The molecule has 188 valence electrons. The summed E-state index contributed by atoms with van der Waals surface area (Å²) in [4.78, 5) is 37.3. The van der Waals surface area contributed by atoms with Gasteiger partial charge in [0.2, 0.25) is 0 Å². The van der Waals surface area contributed by atoms with Crippen molar-refractivity contribution in [2.45, 2.75) is 6.61 Å². The van der Waals surface area contributed by atoms with Crippen LogP contribution in [0.25, 0.3) is 6.08 Å². The smallest absolute Gasteiger partial charge is 0.270 e. The van der Waals surface area contributed by atoms with Gasteiger partial charge in [-0.3, -0.25) is 29.9 Å². The van der Waals surface area contributed by atoms with Crippen LogP contribution in [0.4, 0.5) is 11.4 Å². The first kappa shape index (κ1) is 27.0. The van der Waals surface area contributed by atoms with Crippen molar-refractivity contribution in [2.75, 3.05) is 4.90 Å². The van der Waals surface area contributed by atoms with Crippen LogP contribution in [-0.2, 0) is 16.2 Å². The number of ether oxygens (including phenoxy) is 1. The predicted octanol–water partition coefficient (Wildman–Crippen LogP) is 6.73. The molecule has 1 N–H and O–H groups in total. The fraction of sp³-hybridized carbons (Fsp3) is 0.0417. The van der Waals surface area contributed by atoms with Gasteiger partial charge in [-0.1, -0.05) is 40.9 Å². The Kier molecular flexibility index (Phi) is 8.15. The number of non-ortho nitro benzene ring substituents is 1. The molecule has 0 aliphatic carbocycles. The fourth-order valence-electron chi connectivity index (χ4n) is 3.38. The lowest BCUT2D eigenvalue weighted by Crippen LogP contribution is -2.54. The molecule has 1 aliphatic rings. The van der Waals surface area contributed by atoms with Crippen LogP contribution < -0.4 is 15.0 Å². The molecule has 0 radical (unpaired) electrons. The van der Waals surface area contributed by atoms with Gasteiger partial charge in [-0.15, -0.1) is 0 Å². The van der Waals surface area contributed by atoms with Gasteiger partial charge in [0.1, 0.15) is 12.2 Å². The van der Waals surface area contributed by atoms with E-state index in [9.17, 15) is 19.7 Å². The second kappa shape index (κ2) is 11.2. The summed E-state index contributed by atoms with van der Waals surface area (Å²) in [7, 11) is 0. The normalized spacial score (nSPS) is 14.6. The van der Waals surface area contributed by atoms with E-state index in [-0.39, 0.29) is 43.7 Å². The number of rotatable bonds is 6. The minimum Gasteiger partial charge on any atom is -0.486 e. The number of carbonyl (C=O) groups excluding carboxylic acids is 2. The topological polar surface area (TPSA) is 102 Å². The third kappa shape index (κ3) is 5.78. The molecule has 3 aromatic rings. The Morgan fingerprint density at radius 3 is 2.43 bits per heavy atom. The average Bonchev–Trinajstić information content (AvgIpc) is 2.84. The first-order valence-electron chi connectivity index (χ1n) is 10.3. The molecule has 0 aromatic heterocycles. The number of hydrogen-bond acceptors (Lipinski definition) is 6. The molecule has 0 bridgehead atoms. The van der Waals surface area contributed by atoms with Crippen molar-refractivity contribution in [3.8, 4) is 5.75 Å². The lowest BCUT2D eigenvalue weighted by Gasteiger charge is -2.29. The van der Waals surface area contributed by atoms with Gasteiger partial charge in [0.15, 0.2) is 10.9 Å². The summed E-state index contributed by atoms with van der Waals surface area (Å²) in [5.41, 5.74) is 1.12.